The van der Waals surface area contributed by atoms with Crippen molar-refractivity contribution in [1.29, 1.82) is 0 Å². The van der Waals surface area contributed by atoms with Crippen LogP contribution in [0.5, 0.6) is 0 Å². The first kappa shape index (κ1) is 16.4. The van der Waals surface area contributed by atoms with Crippen LogP contribution in [0.4, 0.5) is 5.69 Å². The number of rotatable bonds is 4. The largest absolute Gasteiger partial charge is 0.350 e. The molecule has 0 radical (unpaired) electrons. The molecule has 2 aliphatic heterocycles. The molecule has 0 aliphatic carbocycles. The van der Waals surface area contributed by atoms with Crippen LogP contribution in [0.3, 0.4) is 0 Å². The van der Waals surface area contributed by atoms with E-state index in [1.165, 1.54) is 0 Å². The predicted molar refractivity (Wildman–Crippen MR) is 87.4 cm³/mol. The van der Waals surface area contributed by atoms with Crippen molar-refractivity contribution in [3.8, 4) is 0 Å². The molecule has 2 aliphatic rings. The van der Waals surface area contributed by atoms with Gasteiger partial charge < -0.3 is 9.64 Å². The lowest BCUT2D eigenvalue weighted by molar-refractivity contribution is -0.201. The zero-order valence-corrected chi connectivity index (χ0v) is 14.3. The maximum absolute atomic E-state index is 12.2. The maximum Gasteiger partial charge on any atom is 0.249 e. The quantitative estimate of drug-likeness (QED) is 0.811. The summed E-state index contributed by atoms with van der Waals surface area (Å²) in [5, 5.41) is 0. The number of hydrogen-bond acceptors (Lipinski definition) is 4. The standard InChI is InChI=1S/C16H19BrN2O4/c17-12-5-1-2-6-13(12)19-10-11(9-14(19)20)16(21)18-23-15-7-3-4-8-22-15/h1-2,5-6,11,15H,3-4,7-10H2,(H,18,21). The van der Waals surface area contributed by atoms with Gasteiger partial charge in [-0.3, -0.25) is 9.59 Å². The van der Waals surface area contributed by atoms with E-state index in [-0.39, 0.29) is 24.5 Å². The second kappa shape index (κ2) is 7.42. The Morgan fingerprint density at radius 3 is 2.91 bits per heavy atom. The van der Waals surface area contributed by atoms with Gasteiger partial charge in [-0.1, -0.05) is 12.1 Å². The lowest BCUT2D eigenvalue weighted by atomic mass is 10.1. The van der Waals surface area contributed by atoms with Gasteiger partial charge in [0, 0.05) is 30.5 Å². The molecule has 2 atom stereocenters. The molecule has 23 heavy (non-hydrogen) atoms. The summed E-state index contributed by atoms with van der Waals surface area (Å²) in [6, 6.07) is 7.48. The van der Waals surface area contributed by atoms with Crippen LogP contribution in [-0.4, -0.2) is 31.3 Å². The first-order valence-electron chi connectivity index (χ1n) is 7.77. The van der Waals surface area contributed by atoms with E-state index in [2.05, 4.69) is 21.4 Å². The molecule has 0 bridgehead atoms. The van der Waals surface area contributed by atoms with Gasteiger partial charge in [0.15, 0.2) is 6.29 Å². The normalized spacial score (nSPS) is 24.7. The number of halogens is 1. The molecule has 0 saturated carbocycles. The van der Waals surface area contributed by atoms with E-state index < -0.39 is 5.92 Å². The highest BCUT2D eigenvalue weighted by Crippen LogP contribution is 2.31. The van der Waals surface area contributed by atoms with Gasteiger partial charge in [-0.05, 0) is 40.9 Å². The Morgan fingerprint density at radius 2 is 2.17 bits per heavy atom. The van der Waals surface area contributed by atoms with E-state index in [9.17, 15) is 9.59 Å². The topological polar surface area (TPSA) is 67.9 Å². The summed E-state index contributed by atoms with van der Waals surface area (Å²) in [6.07, 6.45) is 2.61. The highest BCUT2D eigenvalue weighted by atomic mass is 79.9. The van der Waals surface area contributed by atoms with Crippen molar-refractivity contribution >= 4 is 33.4 Å². The number of amides is 2. The number of hydrogen-bond donors (Lipinski definition) is 1. The summed E-state index contributed by atoms with van der Waals surface area (Å²) in [7, 11) is 0. The minimum atomic E-state index is -0.418. The molecule has 1 aromatic carbocycles. The van der Waals surface area contributed by atoms with Gasteiger partial charge in [0.05, 0.1) is 11.6 Å². The maximum atomic E-state index is 12.2. The Morgan fingerprint density at radius 1 is 1.35 bits per heavy atom. The van der Waals surface area contributed by atoms with Gasteiger partial charge in [-0.15, -0.1) is 0 Å². The van der Waals surface area contributed by atoms with Gasteiger partial charge in [0.2, 0.25) is 11.8 Å². The smallest absolute Gasteiger partial charge is 0.249 e. The van der Waals surface area contributed by atoms with Crippen LogP contribution in [0.15, 0.2) is 28.7 Å². The van der Waals surface area contributed by atoms with Gasteiger partial charge in [-0.25, -0.2) is 10.3 Å². The van der Waals surface area contributed by atoms with Crippen LogP contribution in [0.25, 0.3) is 0 Å². The lowest BCUT2D eigenvalue weighted by Gasteiger charge is -2.23. The van der Waals surface area contributed by atoms with Crippen LogP contribution in [0.1, 0.15) is 25.7 Å². The van der Waals surface area contributed by atoms with Crippen molar-refractivity contribution < 1.29 is 19.2 Å². The fraction of sp³-hybridized carbons (Fsp3) is 0.500. The first-order valence-corrected chi connectivity index (χ1v) is 8.56. The third-order valence-electron chi connectivity index (χ3n) is 4.07. The van der Waals surface area contributed by atoms with Crippen molar-refractivity contribution in [2.24, 2.45) is 5.92 Å². The Kier molecular flexibility index (Phi) is 5.30. The number of benzene rings is 1. The number of hydroxylamine groups is 1. The Bertz CT molecular complexity index is 589. The summed E-state index contributed by atoms with van der Waals surface area (Å²) in [4.78, 5) is 31.3. The molecule has 1 aromatic rings. The molecule has 2 heterocycles. The molecular formula is C16H19BrN2O4. The Hall–Kier alpha value is -1.44. The lowest BCUT2D eigenvalue weighted by Crippen LogP contribution is -2.37. The van der Waals surface area contributed by atoms with Gasteiger partial charge in [-0.2, -0.15) is 0 Å². The summed E-state index contributed by atoms with van der Waals surface area (Å²) < 4.78 is 6.23. The van der Waals surface area contributed by atoms with Crippen molar-refractivity contribution in [3.63, 3.8) is 0 Å². The molecule has 0 aromatic heterocycles. The highest BCUT2D eigenvalue weighted by molar-refractivity contribution is 9.10. The average molecular weight is 383 g/mol. The molecule has 0 spiro atoms. The van der Waals surface area contributed by atoms with Crippen molar-refractivity contribution in [3.05, 3.63) is 28.7 Å². The second-order valence-electron chi connectivity index (χ2n) is 5.74. The molecular weight excluding hydrogens is 364 g/mol. The summed E-state index contributed by atoms with van der Waals surface area (Å²) in [5.41, 5.74) is 3.23. The highest BCUT2D eigenvalue weighted by Gasteiger charge is 2.36. The summed E-state index contributed by atoms with van der Waals surface area (Å²) in [6.45, 7) is 1.00. The van der Waals surface area contributed by atoms with Gasteiger partial charge >= 0.3 is 0 Å². The number of anilines is 1. The Balaban J connectivity index is 1.56. The number of nitrogens with zero attached hydrogens (tertiary/aromatic N) is 1. The zero-order chi connectivity index (χ0) is 16.2. The van der Waals surface area contributed by atoms with Crippen molar-refractivity contribution in [1.82, 2.24) is 5.48 Å². The first-order chi connectivity index (χ1) is 11.1. The number of carbonyl (C=O) groups excluding carboxylic acids is 2. The van der Waals surface area contributed by atoms with Crippen LogP contribution < -0.4 is 10.4 Å². The van der Waals surface area contributed by atoms with Crippen LogP contribution in [0, 0.1) is 5.92 Å². The third kappa shape index (κ3) is 3.91. The fourth-order valence-corrected chi connectivity index (χ4v) is 3.30. The molecule has 2 unspecified atom stereocenters. The van der Waals surface area contributed by atoms with Gasteiger partial charge in [0.25, 0.3) is 0 Å². The minimum absolute atomic E-state index is 0.0639. The fourth-order valence-electron chi connectivity index (χ4n) is 2.80. The Labute approximate surface area is 143 Å². The summed E-state index contributed by atoms with van der Waals surface area (Å²) in [5.74, 6) is -0.758. The minimum Gasteiger partial charge on any atom is -0.350 e. The average Bonchev–Trinajstić information content (AvgIpc) is 2.96. The third-order valence-corrected chi connectivity index (χ3v) is 4.74. The number of carbonyl (C=O) groups is 2. The molecule has 1 N–H and O–H groups in total. The van der Waals surface area contributed by atoms with E-state index in [1.54, 1.807) is 4.90 Å². The monoisotopic (exact) mass is 382 g/mol. The van der Waals surface area contributed by atoms with E-state index in [0.717, 1.165) is 29.4 Å². The molecule has 7 heteroatoms. The van der Waals surface area contributed by atoms with Crippen molar-refractivity contribution in [2.75, 3.05) is 18.1 Å². The molecule has 2 fully saturated rings. The molecule has 124 valence electrons. The SMILES string of the molecule is O=C(NOC1CCCCO1)C1CC(=O)N(c2ccccc2Br)C1. The molecule has 6 nitrogen and oxygen atoms in total. The molecule has 3 rings (SSSR count). The second-order valence-corrected chi connectivity index (χ2v) is 6.59. The molecule has 2 saturated heterocycles. The van der Waals surface area contributed by atoms with Crippen LogP contribution in [0.2, 0.25) is 0 Å². The number of ether oxygens (including phenoxy) is 1. The van der Waals surface area contributed by atoms with Crippen LogP contribution in [-0.2, 0) is 19.2 Å². The summed E-state index contributed by atoms with van der Waals surface area (Å²) >= 11 is 3.44. The number of nitrogens with one attached hydrogen (secondary N) is 1. The van der Waals surface area contributed by atoms with E-state index >= 15 is 0 Å². The number of para-hydroxylation sites is 1. The van der Waals surface area contributed by atoms with Gasteiger partial charge in [0.1, 0.15) is 0 Å². The van der Waals surface area contributed by atoms with E-state index in [1.807, 2.05) is 24.3 Å². The van der Waals surface area contributed by atoms with E-state index in [4.69, 9.17) is 9.57 Å². The van der Waals surface area contributed by atoms with Crippen LogP contribution >= 0.6 is 15.9 Å². The molecule has 2 amide bonds. The zero-order valence-electron chi connectivity index (χ0n) is 12.7. The van der Waals surface area contributed by atoms with E-state index in [0.29, 0.717) is 13.2 Å². The predicted octanol–water partition coefficient (Wildman–Crippen LogP) is 2.38. The van der Waals surface area contributed by atoms with Crippen molar-refractivity contribution in [2.45, 2.75) is 32.0 Å².